The molecule has 0 aromatic carbocycles. The van der Waals surface area contributed by atoms with Gasteiger partial charge in [-0.25, -0.2) is 9.59 Å². The first kappa shape index (κ1) is 15.1. The van der Waals surface area contributed by atoms with Crippen LogP contribution in [0.3, 0.4) is 0 Å². The summed E-state index contributed by atoms with van der Waals surface area (Å²) in [6.07, 6.45) is 4.36. The molecule has 1 aliphatic heterocycles. The zero-order valence-electron chi connectivity index (χ0n) is 11.0. The van der Waals surface area contributed by atoms with Gasteiger partial charge in [-0.1, -0.05) is 6.92 Å². The van der Waals surface area contributed by atoms with Crippen molar-refractivity contribution in [1.82, 2.24) is 10.2 Å². The first-order chi connectivity index (χ1) is 8.56. The summed E-state index contributed by atoms with van der Waals surface area (Å²) >= 11 is 1.74. The molecule has 18 heavy (non-hydrogen) atoms. The molecule has 1 aliphatic rings. The first-order valence-electron chi connectivity index (χ1n) is 6.32. The first-order valence-corrected chi connectivity index (χ1v) is 7.71. The monoisotopic (exact) mass is 274 g/mol. The van der Waals surface area contributed by atoms with Crippen LogP contribution in [0.5, 0.6) is 0 Å². The predicted molar refractivity (Wildman–Crippen MR) is 72.9 cm³/mol. The molecule has 6 heteroatoms. The van der Waals surface area contributed by atoms with Gasteiger partial charge in [-0.3, -0.25) is 0 Å². The van der Waals surface area contributed by atoms with Gasteiger partial charge in [-0.2, -0.15) is 11.8 Å². The summed E-state index contributed by atoms with van der Waals surface area (Å²) in [6.45, 7) is 3.17. The highest BCUT2D eigenvalue weighted by molar-refractivity contribution is 7.98. The van der Waals surface area contributed by atoms with E-state index < -0.39 is 12.0 Å². The number of piperidine rings is 1. The van der Waals surface area contributed by atoms with Crippen molar-refractivity contribution in [2.75, 3.05) is 25.1 Å². The van der Waals surface area contributed by atoms with Gasteiger partial charge in [0.15, 0.2) is 0 Å². The molecule has 0 aromatic rings. The summed E-state index contributed by atoms with van der Waals surface area (Å²) in [7, 11) is 0. The number of carbonyl (C=O) groups excluding carboxylic acids is 1. The molecule has 1 fully saturated rings. The van der Waals surface area contributed by atoms with E-state index in [9.17, 15) is 9.59 Å². The number of urea groups is 1. The number of hydrogen-bond acceptors (Lipinski definition) is 3. The van der Waals surface area contributed by atoms with Crippen LogP contribution in [0.2, 0.25) is 0 Å². The van der Waals surface area contributed by atoms with Gasteiger partial charge in [-0.05, 0) is 37.2 Å². The van der Waals surface area contributed by atoms with Gasteiger partial charge in [0.1, 0.15) is 6.04 Å². The van der Waals surface area contributed by atoms with E-state index in [0.29, 0.717) is 25.4 Å². The number of carbonyl (C=O) groups is 2. The van der Waals surface area contributed by atoms with Crippen LogP contribution in [0.15, 0.2) is 0 Å². The Kier molecular flexibility index (Phi) is 6.32. The lowest BCUT2D eigenvalue weighted by molar-refractivity contribution is -0.143. The molecule has 0 aromatic heterocycles. The van der Waals surface area contributed by atoms with Crippen LogP contribution in [0.1, 0.15) is 26.2 Å². The topological polar surface area (TPSA) is 69.6 Å². The number of hydrogen-bond donors (Lipinski definition) is 2. The number of nitrogens with zero attached hydrogens (tertiary/aromatic N) is 1. The highest BCUT2D eigenvalue weighted by atomic mass is 32.2. The summed E-state index contributed by atoms with van der Waals surface area (Å²) in [4.78, 5) is 24.6. The molecule has 2 unspecified atom stereocenters. The van der Waals surface area contributed by atoms with Crippen LogP contribution in [0.4, 0.5) is 4.79 Å². The van der Waals surface area contributed by atoms with E-state index in [0.717, 1.165) is 18.6 Å². The van der Waals surface area contributed by atoms with Crippen LogP contribution < -0.4 is 5.32 Å². The Labute approximate surface area is 112 Å². The lowest BCUT2D eigenvalue weighted by atomic mass is 9.93. The van der Waals surface area contributed by atoms with Crippen LogP contribution in [-0.4, -0.2) is 53.1 Å². The second-order valence-electron chi connectivity index (χ2n) is 4.76. The quantitative estimate of drug-likeness (QED) is 0.748. The van der Waals surface area contributed by atoms with Crippen molar-refractivity contribution >= 4 is 23.8 Å². The minimum absolute atomic E-state index is 0.240. The highest BCUT2D eigenvalue weighted by Crippen LogP contribution is 2.22. The van der Waals surface area contributed by atoms with Crippen molar-refractivity contribution in [2.45, 2.75) is 32.2 Å². The number of nitrogens with one attached hydrogen (secondary N) is 1. The van der Waals surface area contributed by atoms with E-state index in [1.165, 1.54) is 4.90 Å². The van der Waals surface area contributed by atoms with E-state index in [4.69, 9.17) is 5.11 Å². The third-order valence-electron chi connectivity index (χ3n) is 3.21. The van der Waals surface area contributed by atoms with Gasteiger partial charge in [-0.15, -0.1) is 0 Å². The molecule has 0 spiro atoms. The fourth-order valence-electron chi connectivity index (χ4n) is 2.13. The summed E-state index contributed by atoms with van der Waals surface area (Å²) in [6, 6.07) is -0.912. The summed E-state index contributed by atoms with van der Waals surface area (Å²) in [5.41, 5.74) is 0. The average Bonchev–Trinajstić information content (AvgIpc) is 2.34. The van der Waals surface area contributed by atoms with Crippen molar-refractivity contribution in [3.05, 3.63) is 0 Å². The van der Waals surface area contributed by atoms with Gasteiger partial charge in [0.25, 0.3) is 0 Å². The summed E-state index contributed by atoms with van der Waals surface area (Å²) in [5, 5.41) is 12.0. The van der Waals surface area contributed by atoms with Crippen LogP contribution in [-0.2, 0) is 4.79 Å². The SMILES string of the molecule is CSCCCNC(=O)N1CCC(C)CC1C(=O)O. The highest BCUT2D eigenvalue weighted by Gasteiger charge is 2.34. The molecular formula is C12H22N2O3S. The van der Waals surface area contributed by atoms with E-state index in [1.54, 1.807) is 11.8 Å². The third-order valence-corrected chi connectivity index (χ3v) is 3.91. The average molecular weight is 274 g/mol. The Morgan fingerprint density at radius 2 is 2.22 bits per heavy atom. The van der Waals surface area contributed by atoms with Gasteiger partial charge in [0.2, 0.25) is 0 Å². The van der Waals surface area contributed by atoms with Crippen molar-refractivity contribution < 1.29 is 14.7 Å². The normalized spacial score (nSPS) is 23.8. The van der Waals surface area contributed by atoms with Gasteiger partial charge < -0.3 is 15.3 Å². The zero-order chi connectivity index (χ0) is 13.5. The predicted octanol–water partition coefficient (Wildman–Crippen LogP) is 1.63. The number of carboxylic acid groups (broad SMARTS) is 1. The third kappa shape index (κ3) is 4.40. The number of rotatable bonds is 5. The maximum Gasteiger partial charge on any atom is 0.326 e. The second-order valence-corrected chi connectivity index (χ2v) is 5.74. The molecular weight excluding hydrogens is 252 g/mol. The maximum atomic E-state index is 11.9. The van der Waals surface area contributed by atoms with Crippen molar-refractivity contribution in [3.63, 3.8) is 0 Å². The van der Waals surface area contributed by atoms with E-state index in [2.05, 4.69) is 5.32 Å². The molecule has 2 atom stereocenters. The lowest BCUT2D eigenvalue weighted by Gasteiger charge is -2.35. The van der Waals surface area contributed by atoms with Crippen LogP contribution >= 0.6 is 11.8 Å². The van der Waals surface area contributed by atoms with Gasteiger partial charge in [0, 0.05) is 13.1 Å². The van der Waals surface area contributed by atoms with E-state index >= 15 is 0 Å². The lowest BCUT2D eigenvalue weighted by Crippen LogP contribution is -2.53. The van der Waals surface area contributed by atoms with Crippen molar-refractivity contribution in [2.24, 2.45) is 5.92 Å². The molecule has 104 valence electrons. The number of amides is 2. The molecule has 2 amide bonds. The molecule has 1 saturated heterocycles. The number of likely N-dealkylation sites (tertiary alicyclic amines) is 1. The second kappa shape index (κ2) is 7.51. The van der Waals surface area contributed by atoms with Crippen LogP contribution in [0.25, 0.3) is 0 Å². The summed E-state index contributed by atoms with van der Waals surface area (Å²) < 4.78 is 0. The largest absolute Gasteiger partial charge is 0.480 e. The fourth-order valence-corrected chi connectivity index (χ4v) is 2.57. The molecule has 0 radical (unpaired) electrons. The number of thioether (sulfide) groups is 1. The van der Waals surface area contributed by atoms with Crippen LogP contribution in [0, 0.1) is 5.92 Å². The Morgan fingerprint density at radius 3 is 2.83 bits per heavy atom. The van der Waals surface area contributed by atoms with Gasteiger partial charge in [0.05, 0.1) is 0 Å². The molecule has 1 heterocycles. The molecule has 5 nitrogen and oxygen atoms in total. The Bertz CT molecular complexity index is 299. The molecule has 0 bridgehead atoms. The zero-order valence-corrected chi connectivity index (χ0v) is 11.8. The van der Waals surface area contributed by atoms with Crippen molar-refractivity contribution in [1.29, 1.82) is 0 Å². The number of carboxylic acids is 1. The molecule has 0 aliphatic carbocycles. The minimum Gasteiger partial charge on any atom is -0.480 e. The Morgan fingerprint density at radius 1 is 1.50 bits per heavy atom. The standard InChI is InChI=1S/C12H22N2O3S/c1-9-4-6-14(10(8-9)11(15)16)12(17)13-5-3-7-18-2/h9-10H,3-8H2,1-2H3,(H,13,17)(H,15,16). The molecule has 0 saturated carbocycles. The van der Waals surface area contributed by atoms with Crippen molar-refractivity contribution in [3.8, 4) is 0 Å². The Balaban J connectivity index is 2.46. The summed E-state index contributed by atoms with van der Waals surface area (Å²) in [5.74, 6) is 0.465. The Hall–Kier alpha value is -0.910. The fraction of sp³-hybridized carbons (Fsp3) is 0.833. The maximum absolute atomic E-state index is 11.9. The minimum atomic E-state index is -0.902. The van der Waals surface area contributed by atoms with E-state index in [-0.39, 0.29) is 6.03 Å². The number of aliphatic carboxylic acids is 1. The molecule has 1 rings (SSSR count). The molecule has 2 N–H and O–H groups in total. The smallest absolute Gasteiger partial charge is 0.326 e. The van der Waals surface area contributed by atoms with E-state index in [1.807, 2.05) is 13.2 Å². The van der Waals surface area contributed by atoms with Gasteiger partial charge >= 0.3 is 12.0 Å².